The maximum absolute atomic E-state index is 13.8. The van der Waals surface area contributed by atoms with Crippen LogP contribution in [0, 0.1) is 5.82 Å². The maximum Gasteiger partial charge on any atom is 0.170 e. The fourth-order valence-corrected chi connectivity index (χ4v) is 2.77. The molecule has 1 aromatic rings. The second-order valence-corrected chi connectivity index (χ2v) is 5.70. The Bertz CT molecular complexity index is 505. The topological polar surface area (TPSA) is 32.8 Å². The van der Waals surface area contributed by atoms with Gasteiger partial charge in [-0.3, -0.25) is 4.79 Å². The van der Waals surface area contributed by atoms with Crippen LogP contribution in [0.3, 0.4) is 0 Å². The number of carbonyl (C=O) groups is 1. The van der Waals surface area contributed by atoms with Gasteiger partial charge in [-0.05, 0) is 39.2 Å². The average Bonchev–Trinajstić information content (AvgIpc) is 2.93. The van der Waals surface area contributed by atoms with Gasteiger partial charge >= 0.3 is 0 Å². The van der Waals surface area contributed by atoms with Gasteiger partial charge in [0.1, 0.15) is 11.6 Å². The number of methoxy groups -OCH3 is 1. The SMILES string of the molecule is COc1cccc(F)c1C(=O)CCN1CCC(N(C)C)C1. The Hall–Kier alpha value is -1.46. The van der Waals surface area contributed by atoms with Crippen LogP contribution < -0.4 is 4.74 Å². The summed E-state index contributed by atoms with van der Waals surface area (Å²) >= 11 is 0. The normalized spacial score (nSPS) is 19.2. The number of hydrogen-bond donors (Lipinski definition) is 0. The van der Waals surface area contributed by atoms with Crippen molar-refractivity contribution in [3.63, 3.8) is 0 Å². The molecular weight excluding hydrogens is 271 g/mol. The van der Waals surface area contributed by atoms with Crippen molar-refractivity contribution in [2.45, 2.75) is 18.9 Å². The summed E-state index contributed by atoms with van der Waals surface area (Å²) in [6.07, 6.45) is 1.43. The lowest BCUT2D eigenvalue weighted by molar-refractivity contribution is 0.0960. The minimum absolute atomic E-state index is 0.0726. The summed E-state index contributed by atoms with van der Waals surface area (Å²) in [5, 5.41) is 0. The van der Waals surface area contributed by atoms with Gasteiger partial charge in [-0.25, -0.2) is 4.39 Å². The van der Waals surface area contributed by atoms with Crippen LogP contribution in [0.2, 0.25) is 0 Å². The van der Waals surface area contributed by atoms with Crippen LogP contribution in [0.15, 0.2) is 18.2 Å². The van der Waals surface area contributed by atoms with Crippen LogP contribution in [0.1, 0.15) is 23.2 Å². The number of likely N-dealkylation sites (tertiary alicyclic amines) is 1. The van der Waals surface area contributed by atoms with E-state index in [0.717, 1.165) is 19.5 Å². The predicted molar refractivity (Wildman–Crippen MR) is 80.4 cm³/mol. The van der Waals surface area contributed by atoms with Gasteiger partial charge < -0.3 is 14.5 Å². The highest BCUT2D eigenvalue weighted by molar-refractivity contribution is 5.99. The zero-order valence-electron chi connectivity index (χ0n) is 12.9. The molecule has 0 aliphatic carbocycles. The second kappa shape index (κ2) is 7.00. The molecule has 1 aromatic carbocycles. The third-order valence-electron chi connectivity index (χ3n) is 4.11. The third kappa shape index (κ3) is 3.80. The molecule has 0 radical (unpaired) electrons. The van der Waals surface area contributed by atoms with Crippen molar-refractivity contribution < 1.29 is 13.9 Å². The molecule has 21 heavy (non-hydrogen) atoms. The van der Waals surface area contributed by atoms with Crippen molar-refractivity contribution in [3.05, 3.63) is 29.6 Å². The van der Waals surface area contributed by atoms with Crippen LogP contribution in [-0.4, -0.2) is 62.5 Å². The number of halogens is 1. The van der Waals surface area contributed by atoms with E-state index in [1.807, 2.05) is 0 Å². The first-order valence-electron chi connectivity index (χ1n) is 7.27. The number of rotatable bonds is 6. The number of ether oxygens (including phenoxy) is 1. The van der Waals surface area contributed by atoms with Gasteiger partial charge in [-0.15, -0.1) is 0 Å². The molecule has 1 heterocycles. The molecule has 4 nitrogen and oxygen atoms in total. The number of carbonyl (C=O) groups excluding carboxylic acids is 1. The van der Waals surface area contributed by atoms with E-state index in [2.05, 4.69) is 23.9 Å². The second-order valence-electron chi connectivity index (χ2n) is 5.70. The summed E-state index contributed by atoms with van der Waals surface area (Å²) in [5.74, 6) is -0.391. The molecule has 0 saturated carbocycles. The molecule has 116 valence electrons. The van der Waals surface area contributed by atoms with Crippen molar-refractivity contribution in [1.29, 1.82) is 0 Å². The first-order valence-corrected chi connectivity index (χ1v) is 7.27. The molecule has 0 bridgehead atoms. The number of hydrogen-bond acceptors (Lipinski definition) is 4. The minimum atomic E-state index is -0.507. The molecule has 1 aliphatic heterocycles. The predicted octanol–water partition coefficient (Wildman–Crippen LogP) is 2.04. The van der Waals surface area contributed by atoms with Gasteiger partial charge in [-0.2, -0.15) is 0 Å². The lowest BCUT2D eigenvalue weighted by Crippen LogP contribution is -2.32. The van der Waals surface area contributed by atoms with Crippen LogP contribution in [0.25, 0.3) is 0 Å². The van der Waals surface area contributed by atoms with E-state index in [9.17, 15) is 9.18 Å². The Morgan fingerprint density at radius 3 is 2.86 bits per heavy atom. The number of benzene rings is 1. The summed E-state index contributed by atoms with van der Waals surface area (Å²) in [5.41, 5.74) is 0.0726. The fraction of sp³-hybridized carbons (Fsp3) is 0.562. The highest BCUT2D eigenvalue weighted by Crippen LogP contribution is 2.23. The van der Waals surface area contributed by atoms with E-state index in [1.165, 1.54) is 13.2 Å². The van der Waals surface area contributed by atoms with Gasteiger partial charge in [0.15, 0.2) is 5.78 Å². The molecule has 1 unspecified atom stereocenters. The van der Waals surface area contributed by atoms with E-state index in [0.29, 0.717) is 24.8 Å². The first-order chi connectivity index (χ1) is 10.0. The summed E-state index contributed by atoms with van der Waals surface area (Å²) < 4.78 is 18.9. The number of Topliss-reactive ketones (excluding diaryl/α,β-unsaturated/α-hetero) is 1. The summed E-state index contributed by atoms with van der Waals surface area (Å²) in [6, 6.07) is 5.01. The molecular formula is C16H23FN2O2. The van der Waals surface area contributed by atoms with E-state index in [4.69, 9.17) is 4.74 Å². The van der Waals surface area contributed by atoms with Gasteiger partial charge in [0, 0.05) is 25.6 Å². The lowest BCUT2D eigenvalue weighted by atomic mass is 10.1. The van der Waals surface area contributed by atoms with Gasteiger partial charge in [0.05, 0.1) is 12.7 Å². The van der Waals surface area contributed by atoms with Gasteiger partial charge in [0.25, 0.3) is 0 Å². The molecule has 1 atom stereocenters. The third-order valence-corrected chi connectivity index (χ3v) is 4.11. The molecule has 0 N–H and O–H groups in total. The number of likely N-dealkylation sites (N-methyl/N-ethyl adjacent to an activating group) is 1. The van der Waals surface area contributed by atoms with E-state index < -0.39 is 5.82 Å². The van der Waals surface area contributed by atoms with Gasteiger partial charge in [-0.1, -0.05) is 6.07 Å². The van der Waals surface area contributed by atoms with Crippen molar-refractivity contribution in [2.75, 3.05) is 40.8 Å². The molecule has 1 aliphatic rings. The smallest absolute Gasteiger partial charge is 0.170 e. The minimum Gasteiger partial charge on any atom is -0.496 e. The molecule has 1 fully saturated rings. The molecule has 5 heteroatoms. The molecule has 2 rings (SSSR count). The van der Waals surface area contributed by atoms with E-state index in [1.54, 1.807) is 12.1 Å². The van der Waals surface area contributed by atoms with Crippen molar-refractivity contribution >= 4 is 5.78 Å². The van der Waals surface area contributed by atoms with Crippen LogP contribution in [0.5, 0.6) is 5.75 Å². The van der Waals surface area contributed by atoms with Crippen LogP contribution in [-0.2, 0) is 0 Å². The van der Waals surface area contributed by atoms with Gasteiger partial charge in [0.2, 0.25) is 0 Å². The Morgan fingerprint density at radius 1 is 1.48 bits per heavy atom. The number of nitrogens with zero attached hydrogens (tertiary/aromatic N) is 2. The highest BCUT2D eigenvalue weighted by atomic mass is 19.1. The van der Waals surface area contributed by atoms with Crippen molar-refractivity contribution in [1.82, 2.24) is 9.80 Å². The van der Waals surface area contributed by atoms with Crippen molar-refractivity contribution in [3.8, 4) is 5.75 Å². The first kappa shape index (κ1) is 15.9. The van der Waals surface area contributed by atoms with Crippen molar-refractivity contribution in [2.24, 2.45) is 0 Å². The molecule has 0 spiro atoms. The Labute approximate surface area is 125 Å². The Balaban J connectivity index is 1.94. The Kier molecular flexibility index (Phi) is 5.31. The quantitative estimate of drug-likeness (QED) is 0.752. The Morgan fingerprint density at radius 2 is 2.24 bits per heavy atom. The van der Waals surface area contributed by atoms with E-state index >= 15 is 0 Å². The van der Waals surface area contributed by atoms with Crippen LogP contribution >= 0.6 is 0 Å². The number of ketones is 1. The zero-order chi connectivity index (χ0) is 15.4. The molecule has 0 amide bonds. The monoisotopic (exact) mass is 294 g/mol. The van der Waals surface area contributed by atoms with Crippen LogP contribution in [0.4, 0.5) is 4.39 Å². The summed E-state index contributed by atoms with van der Waals surface area (Å²) in [4.78, 5) is 16.7. The average molecular weight is 294 g/mol. The summed E-state index contributed by atoms with van der Waals surface area (Å²) in [7, 11) is 5.60. The lowest BCUT2D eigenvalue weighted by Gasteiger charge is -2.20. The maximum atomic E-state index is 13.8. The van der Waals surface area contributed by atoms with E-state index in [-0.39, 0.29) is 11.3 Å². The standard InChI is InChI=1S/C16H23FN2O2/c1-18(2)12-7-9-19(11-12)10-8-14(20)16-13(17)5-4-6-15(16)21-3/h4-6,12H,7-11H2,1-3H3. The molecule has 0 aromatic heterocycles. The molecule has 1 saturated heterocycles. The summed E-state index contributed by atoms with van der Waals surface area (Å²) in [6.45, 7) is 2.62. The highest BCUT2D eigenvalue weighted by Gasteiger charge is 2.25. The zero-order valence-corrected chi connectivity index (χ0v) is 12.9. The largest absolute Gasteiger partial charge is 0.496 e. The fourth-order valence-electron chi connectivity index (χ4n) is 2.77.